The molecule has 12 aromatic carbocycles. The summed E-state index contributed by atoms with van der Waals surface area (Å²) in [5.41, 5.74) is 22.6. The molecule has 352 valence electrons. The van der Waals surface area contributed by atoms with Crippen molar-refractivity contribution in [2.75, 3.05) is 4.90 Å². The Morgan fingerprint density at radius 1 is 0.253 bits per heavy atom. The maximum atomic E-state index is 6.45. The first-order valence-electron chi connectivity index (χ1n) is 25.7. The fraction of sp³-hybridized carbons (Fsp3) is 0. The van der Waals surface area contributed by atoms with Crippen LogP contribution in [0.4, 0.5) is 17.1 Å². The predicted molar refractivity (Wildman–Crippen MR) is 315 cm³/mol. The van der Waals surface area contributed by atoms with Crippen LogP contribution in [0.15, 0.2) is 296 Å². The Hall–Kier alpha value is -9.96. The molecule has 14 aromatic rings. The lowest BCUT2D eigenvalue weighted by atomic mass is 9.95. The Morgan fingerprint density at radius 3 is 1.17 bits per heavy atom. The number of hydrogen-bond acceptors (Lipinski definition) is 2. The Balaban J connectivity index is 0.820. The molecule has 0 fully saturated rings. The van der Waals surface area contributed by atoms with Gasteiger partial charge in [-0.15, -0.1) is 0 Å². The van der Waals surface area contributed by atoms with Crippen molar-refractivity contribution in [3.63, 3.8) is 0 Å². The van der Waals surface area contributed by atoms with Gasteiger partial charge >= 0.3 is 0 Å². The highest BCUT2D eigenvalue weighted by molar-refractivity contribution is 6.21. The normalized spacial score (nSPS) is 11.5. The molecule has 0 aliphatic heterocycles. The third-order valence-corrected chi connectivity index (χ3v) is 14.9. The van der Waals surface area contributed by atoms with Gasteiger partial charge in [0.2, 0.25) is 0 Å². The van der Waals surface area contributed by atoms with Gasteiger partial charge in [-0.25, -0.2) is 0 Å². The van der Waals surface area contributed by atoms with E-state index in [2.05, 4.69) is 289 Å². The van der Waals surface area contributed by atoms with E-state index in [1.807, 2.05) is 12.1 Å². The quantitative estimate of drug-likeness (QED) is 0.136. The van der Waals surface area contributed by atoms with E-state index < -0.39 is 0 Å². The summed E-state index contributed by atoms with van der Waals surface area (Å²) in [6, 6.07) is 105. The first-order valence-corrected chi connectivity index (χ1v) is 25.7. The third-order valence-electron chi connectivity index (χ3n) is 14.9. The molecule has 0 atom stereocenters. The van der Waals surface area contributed by atoms with Gasteiger partial charge < -0.3 is 13.9 Å². The minimum Gasteiger partial charge on any atom is -0.455 e. The number of nitrogens with zero attached hydrogens (tertiary/aromatic N) is 2. The molecular weight excluding hydrogens is 909 g/mol. The molecule has 3 heteroatoms. The standard InChI is InChI=1S/C72H48N2O/c1-4-17-49(18-5-1)51-37-43-57(44-38-51)73(59-47-41-56(42-48-59)63-27-14-28-65-64-24-11-13-32-69(64)75-72(63)65)58-45-39-52(40-46-58)50-33-35-55(36-34-50)60-23-10-12-29-66(60)74-67-30-15-25-61(53-19-6-2-7-20-53)70(67)71-62(26-16-31-68(71)74)54-21-8-3-9-22-54/h1-48H. The van der Waals surface area contributed by atoms with Crippen LogP contribution in [0.1, 0.15) is 0 Å². The van der Waals surface area contributed by atoms with Crippen LogP contribution >= 0.6 is 0 Å². The molecule has 0 N–H and O–H groups in total. The zero-order valence-electron chi connectivity index (χ0n) is 41.0. The highest BCUT2D eigenvalue weighted by Gasteiger charge is 2.22. The van der Waals surface area contributed by atoms with E-state index in [0.717, 1.165) is 72.5 Å². The number of anilines is 3. The monoisotopic (exact) mass is 956 g/mol. The molecule has 0 saturated heterocycles. The zero-order valence-corrected chi connectivity index (χ0v) is 41.0. The van der Waals surface area contributed by atoms with E-state index in [0.29, 0.717) is 0 Å². The first kappa shape index (κ1) is 43.8. The van der Waals surface area contributed by atoms with Crippen molar-refractivity contribution in [1.29, 1.82) is 0 Å². The molecule has 0 unspecified atom stereocenters. The number of furan rings is 1. The van der Waals surface area contributed by atoms with E-state index in [1.54, 1.807) is 0 Å². The largest absolute Gasteiger partial charge is 0.455 e. The van der Waals surface area contributed by atoms with E-state index >= 15 is 0 Å². The van der Waals surface area contributed by atoms with E-state index in [-0.39, 0.29) is 0 Å². The van der Waals surface area contributed by atoms with Crippen LogP contribution in [0, 0.1) is 0 Å². The molecule has 0 aliphatic rings. The van der Waals surface area contributed by atoms with Gasteiger partial charge in [-0.05, 0) is 116 Å². The zero-order chi connectivity index (χ0) is 49.7. The summed E-state index contributed by atoms with van der Waals surface area (Å²) >= 11 is 0. The van der Waals surface area contributed by atoms with Gasteiger partial charge in [0.15, 0.2) is 0 Å². The minimum absolute atomic E-state index is 0.901. The van der Waals surface area contributed by atoms with Crippen LogP contribution in [0.3, 0.4) is 0 Å². The Bertz CT molecular complexity index is 4250. The topological polar surface area (TPSA) is 21.3 Å². The van der Waals surface area contributed by atoms with Crippen molar-refractivity contribution in [2.45, 2.75) is 0 Å². The van der Waals surface area contributed by atoms with Crippen molar-refractivity contribution >= 4 is 60.8 Å². The Labute approximate surface area is 436 Å². The van der Waals surface area contributed by atoms with Crippen molar-refractivity contribution in [3.05, 3.63) is 291 Å². The number of hydrogen-bond donors (Lipinski definition) is 0. The molecule has 0 bridgehead atoms. The van der Waals surface area contributed by atoms with Gasteiger partial charge in [-0.1, -0.05) is 231 Å². The average molecular weight is 957 g/mol. The minimum atomic E-state index is 0.901. The van der Waals surface area contributed by atoms with Crippen molar-refractivity contribution < 1.29 is 4.42 Å². The summed E-state index contributed by atoms with van der Waals surface area (Å²) in [6.45, 7) is 0. The number of para-hydroxylation sites is 3. The molecule has 0 aliphatic carbocycles. The fourth-order valence-corrected chi connectivity index (χ4v) is 11.3. The third kappa shape index (κ3) is 7.78. The maximum absolute atomic E-state index is 6.45. The lowest BCUT2D eigenvalue weighted by Gasteiger charge is -2.26. The highest BCUT2D eigenvalue weighted by atomic mass is 16.3. The van der Waals surface area contributed by atoms with Crippen molar-refractivity contribution in [2.24, 2.45) is 0 Å². The second kappa shape index (κ2) is 18.6. The van der Waals surface area contributed by atoms with Gasteiger partial charge in [0, 0.05) is 49.7 Å². The molecular formula is C72H48N2O. The van der Waals surface area contributed by atoms with Crippen molar-refractivity contribution in [1.82, 2.24) is 4.57 Å². The van der Waals surface area contributed by atoms with Gasteiger partial charge in [0.05, 0.1) is 16.7 Å². The summed E-state index contributed by atoms with van der Waals surface area (Å²) in [5.74, 6) is 0. The van der Waals surface area contributed by atoms with E-state index in [4.69, 9.17) is 4.42 Å². The van der Waals surface area contributed by atoms with Gasteiger partial charge in [-0.2, -0.15) is 0 Å². The van der Waals surface area contributed by atoms with Crippen LogP contribution in [-0.4, -0.2) is 4.57 Å². The smallest absolute Gasteiger partial charge is 0.143 e. The van der Waals surface area contributed by atoms with Crippen LogP contribution in [-0.2, 0) is 0 Å². The van der Waals surface area contributed by atoms with Crippen LogP contribution in [0.25, 0.3) is 116 Å². The number of benzene rings is 12. The summed E-state index contributed by atoms with van der Waals surface area (Å²) in [6.07, 6.45) is 0. The molecule has 2 aromatic heterocycles. The van der Waals surface area contributed by atoms with Gasteiger partial charge in [-0.3, -0.25) is 0 Å². The molecule has 0 saturated carbocycles. The predicted octanol–water partition coefficient (Wildman–Crippen LogP) is 20.2. The first-order chi connectivity index (χ1) is 37.2. The van der Waals surface area contributed by atoms with Crippen LogP contribution in [0.5, 0.6) is 0 Å². The number of rotatable bonds is 10. The van der Waals surface area contributed by atoms with Crippen molar-refractivity contribution in [3.8, 4) is 72.4 Å². The molecule has 2 heterocycles. The Kier molecular flexibility index (Phi) is 10.8. The molecule has 0 spiro atoms. The molecule has 3 nitrogen and oxygen atoms in total. The second-order valence-electron chi connectivity index (χ2n) is 19.2. The molecule has 0 radical (unpaired) electrons. The summed E-state index contributed by atoms with van der Waals surface area (Å²) in [4.78, 5) is 2.34. The van der Waals surface area contributed by atoms with Crippen LogP contribution in [0.2, 0.25) is 0 Å². The lowest BCUT2D eigenvalue weighted by Crippen LogP contribution is -2.09. The van der Waals surface area contributed by atoms with Gasteiger partial charge in [0.1, 0.15) is 11.2 Å². The second-order valence-corrected chi connectivity index (χ2v) is 19.2. The van der Waals surface area contributed by atoms with E-state index in [1.165, 1.54) is 60.8 Å². The fourth-order valence-electron chi connectivity index (χ4n) is 11.3. The highest BCUT2D eigenvalue weighted by Crippen LogP contribution is 2.45. The van der Waals surface area contributed by atoms with Gasteiger partial charge in [0.25, 0.3) is 0 Å². The SMILES string of the molecule is c1ccc(-c2ccc(N(c3ccc(-c4ccc(-c5ccccc5-n5c6cccc(-c7ccccc7)c6c6c(-c7ccccc7)cccc65)cc4)cc3)c3ccc(-c4cccc5c4oc4ccccc45)cc3)cc2)cc1. The lowest BCUT2D eigenvalue weighted by molar-refractivity contribution is 0.670. The molecule has 0 amide bonds. The molecule has 75 heavy (non-hydrogen) atoms. The number of fused-ring (bicyclic) bond motifs is 6. The summed E-state index contributed by atoms with van der Waals surface area (Å²) in [5, 5.41) is 4.76. The molecule has 14 rings (SSSR count). The average Bonchev–Trinajstić information content (AvgIpc) is 4.08. The summed E-state index contributed by atoms with van der Waals surface area (Å²) < 4.78 is 8.92. The Morgan fingerprint density at radius 2 is 0.613 bits per heavy atom. The van der Waals surface area contributed by atoms with E-state index in [9.17, 15) is 0 Å². The summed E-state index contributed by atoms with van der Waals surface area (Å²) in [7, 11) is 0. The maximum Gasteiger partial charge on any atom is 0.143 e. The van der Waals surface area contributed by atoms with Crippen LogP contribution < -0.4 is 4.90 Å². The number of aromatic nitrogens is 1.